The lowest BCUT2D eigenvalue weighted by Crippen LogP contribution is -2.16. The molecule has 1 aromatic carbocycles. The molecule has 0 unspecified atom stereocenters. The Balaban J connectivity index is 2.13. The summed E-state index contributed by atoms with van der Waals surface area (Å²) in [5.74, 6) is -0.318. The molecule has 1 aromatic rings. The Morgan fingerprint density at radius 1 is 1.16 bits per heavy atom. The van der Waals surface area contributed by atoms with Crippen LogP contribution in [0.15, 0.2) is 35.4 Å². The Morgan fingerprint density at radius 2 is 1.79 bits per heavy atom. The zero-order chi connectivity index (χ0) is 13.7. The van der Waals surface area contributed by atoms with Gasteiger partial charge in [-0.1, -0.05) is 18.0 Å². The molecule has 0 aliphatic heterocycles. The molecule has 1 saturated carbocycles. The van der Waals surface area contributed by atoms with Gasteiger partial charge in [0.25, 0.3) is 5.91 Å². The van der Waals surface area contributed by atoms with Crippen LogP contribution >= 0.6 is 11.6 Å². The quantitative estimate of drug-likeness (QED) is 0.653. The zero-order valence-electron chi connectivity index (χ0n) is 10.6. The van der Waals surface area contributed by atoms with E-state index in [1.165, 1.54) is 6.42 Å². The van der Waals surface area contributed by atoms with Gasteiger partial charge in [-0.3, -0.25) is 4.79 Å². The topological polar surface area (TPSA) is 52.9 Å². The van der Waals surface area contributed by atoms with Gasteiger partial charge in [0, 0.05) is 10.7 Å². The van der Waals surface area contributed by atoms with E-state index in [9.17, 15) is 10.1 Å². The smallest absolute Gasteiger partial charge is 0.266 e. The number of halogens is 1. The van der Waals surface area contributed by atoms with Crippen LogP contribution in [-0.4, -0.2) is 5.91 Å². The number of allylic oxidation sites excluding steroid dienone is 1. The summed E-state index contributed by atoms with van der Waals surface area (Å²) in [5.41, 5.74) is 1.91. The molecule has 1 fully saturated rings. The van der Waals surface area contributed by atoms with Crippen LogP contribution in [0.1, 0.15) is 32.1 Å². The number of nitrogens with zero attached hydrogens (tertiary/aromatic N) is 1. The van der Waals surface area contributed by atoms with Crippen LogP contribution in [0.2, 0.25) is 5.02 Å². The highest BCUT2D eigenvalue weighted by molar-refractivity contribution is 6.30. The van der Waals surface area contributed by atoms with E-state index < -0.39 is 0 Å². The maximum atomic E-state index is 12.1. The van der Waals surface area contributed by atoms with Crippen molar-refractivity contribution in [3.63, 3.8) is 0 Å². The van der Waals surface area contributed by atoms with Crippen molar-refractivity contribution in [2.45, 2.75) is 32.1 Å². The number of hydrogen-bond donors (Lipinski definition) is 1. The molecule has 0 atom stereocenters. The van der Waals surface area contributed by atoms with E-state index >= 15 is 0 Å². The third-order valence-corrected chi connectivity index (χ3v) is 3.50. The Morgan fingerprint density at radius 3 is 2.37 bits per heavy atom. The van der Waals surface area contributed by atoms with Crippen LogP contribution in [0.3, 0.4) is 0 Å². The molecule has 0 spiro atoms. The molecule has 0 aromatic heterocycles. The largest absolute Gasteiger partial charge is 0.321 e. The fourth-order valence-electron chi connectivity index (χ4n) is 2.25. The number of hydrogen-bond acceptors (Lipinski definition) is 2. The first-order valence-electron chi connectivity index (χ1n) is 6.40. The van der Waals surface area contributed by atoms with Gasteiger partial charge in [-0.2, -0.15) is 5.26 Å². The molecule has 3 nitrogen and oxygen atoms in total. The second-order valence-electron chi connectivity index (χ2n) is 4.61. The summed E-state index contributed by atoms with van der Waals surface area (Å²) in [5, 5.41) is 12.5. The highest BCUT2D eigenvalue weighted by Crippen LogP contribution is 2.26. The minimum Gasteiger partial charge on any atom is -0.321 e. The molecule has 98 valence electrons. The number of carbonyl (C=O) groups excluding carboxylic acids is 1. The van der Waals surface area contributed by atoms with Crippen molar-refractivity contribution in [2.75, 3.05) is 5.32 Å². The summed E-state index contributed by atoms with van der Waals surface area (Å²) in [6, 6.07) is 8.90. The lowest BCUT2D eigenvalue weighted by molar-refractivity contribution is -0.112. The van der Waals surface area contributed by atoms with Gasteiger partial charge in [0.2, 0.25) is 0 Å². The zero-order valence-corrected chi connectivity index (χ0v) is 11.3. The SMILES string of the molecule is N#CC(C(=O)Nc1ccc(Cl)cc1)=C1CCCCC1. The number of nitriles is 1. The van der Waals surface area contributed by atoms with Crippen LogP contribution in [-0.2, 0) is 4.79 Å². The van der Waals surface area contributed by atoms with E-state index in [2.05, 4.69) is 5.32 Å². The first kappa shape index (κ1) is 13.6. The maximum Gasteiger partial charge on any atom is 0.266 e. The molecule has 1 aliphatic carbocycles. The summed E-state index contributed by atoms with van der Waals surface area (Å²) in [4.78, 5) is 12.1. The summed E-state index contributed by atoms with van der Waals surface area (Å²) in [6.07, 6.45) is 5.03. The predicted molar refractivity (Wildman–Crippen MR) is 75.8 cm³/mol. The van der Waals surface area contributed by atoms with Crippen LogP contribution in [0.25, 0.3) is 0 Å². The van der Waals surface area contributed by atoms with E-state index in [1.54, 1.807) is 24.3 Å². The highest BCUT2D eigenvalue weighted by Gasteiger charge is 2.17. The molecular weight excluding hydrogens is 260 g/mol. The molecule has 1 amide bonds. The predicted octanol–water partition coefficient (Wildman–Crippen LogP) is 4.06. The van der Waals surface area contributed by atoms with Crippen LogP contribution < -0.4 is 5.32 Å². The van der Waals surface area contributed by atoms with Gasteiger partial charge in [-0.25, -0.2) is 0 Å². The Bertz CT molecular complexity index is 532. The normalized spacial score (nSPS) is 14.6. The van der Waals surface area contributed by atoms with Crippen LogP contribution in [0.5, 0.6) is 0 Å². The van der Waals surface area contributed by atoms with Gasteiger partial charge in [-0.15, -0.1) is 0 Å². The van der Waals surface area contributed by atoms with Crippen molar-refractivity contribution in [2.24, 2.45) is 0 Å². The summed E-state index contributed by atoms with van der Waals surface area (Å²) in [6.45, 7) is 0. The van der Waals surface area contributed by atoms with Gasteiger partial charge in [-0.05, 0) is 55.5 Å². The third-order valence-electron chi connectivity index (χ3n) is 3.25. The standard InChI is InChI=1S/C15H15ClN2O/c16-12-6-8-13(9-7-12)18-15(19)14(10-17)11-4-2-1-3-5-11/h6-9H,1-5H2,(H,18,19). The lowest BCUT2D eigenvalue weighted by Gasteiger charge is -2.15. The number of carbonyl (C=O) groups is 1. The number of nitrogens with one attached hydrogen (secondary N) is 1. The molecule has 19 heavy (non-hydrogen) atoms. The van der Waals surface area contributed by atoms with Crippen LogP contribution in [0, 0.1) is 11.3 Å². The van der Waals surface area contributed by atoms with Crippen molar-refractivity contribution in [1.29, 1.82) is 5.26 Å². The van der Waals surface area contributed by atoms with Crippen molar-refractivity contribution < 1.29 is 4.79 Å². The lowest BCUT2D eigenvalue weighted by atomic mass is 9.91. The molecular formula is C15H15ClN2O. The van der Waals surface area contributed by atoms with Gasteiger partial charge in [0.1, 0.15) is 11.6 Å². The first-order chi connectivity index (χ1) is 9.20. The van der Waals surface area contributed by atoms with Crippen molar-refractivity contribution in [3.05, 3.63) is 40.4 Å². The first-order valence-corrected chi connectivity index (χ1v) is 6.77. The second-order valence-corrected chi connectivity index (χ2v) is 5.05. The Labute approximate surface area is 117 Å². The summed E-state index contributed by atoms with van der Waals surface area (Å²) < 4.78 is 0. The van der Waals surface area contributed by atoms with E-state index in [0.717, 1.165) is 31.3 Å². The molecule has 1 aliphatic rings. The molecule has 0 radical (unpaired) electrons. The van der Waals surface area contributed by atoms with E-state index in [4.69, 9.17) is 11.6 Å². The molecule has 0 bridgehead atoms. The highest BCUT2D eigenvalue weighted by atomic mass is 35.5. The van der Waals surface area contributed by atoms with E-state index in [0.29, 0.717) is 10.7 Å². The number of rotatable bonds is 2. The fraction of sp³-hybridized carbons (Fsp3) is 0.333. The fourth-order valence-corrected chi connectivity index (χ4v) is 2.37. The van der Waals surface area contributed by atoms with Gasteiger partial charge < -0.3 is 5.32 Å². The van der Waals surface area contributed by atoms with Crippen molar-refractivity contribution >= 4 is 23.2 Å². The van der Waals surface area contributed by atoms with Gasteiger partial charge in [0.15, 0.2) is 0 Å². The molecule has 1 N–H and O–H groups in total. The van der Waals surface area contributed by atoms with Crippen LogP contribution in [0.4, 0.5) is 5.69 Å². The maximum absolute atomic E-state index is 12.1. The Hall–Kier alpha value is -1.79. The number of anilines is 1. The summed E-state index contributed by atoms with van der Waals surface area (Å²) in [7, 11) is 0. The third kappa shape index (κ3) is 3.59. The minimum absolute atomic E-state index is 0.273. The van der Waals surface area contributed by atoms with Gasteiger partial charge in [0.05, 0.1) is 0 Å². The number of amides is 1. The average Bonchev–Trinajstić information content (AvgIpc) is 2.43. The Kier molecular flexibility index (Phi) is 4.59. The number of benzene rings is 1. The molecule has 4 heteroatoms. The minimum atomic E-state index is -0.318. The van der Waals surface area contributed by atoms with Gasteiger partial charge >= 0.3 is 0 Å². The van der Waals surface area contributed by atoms with Crippen molar-refractivity contribution in [1.82, 2.24) is 0 Å². The van der Waals surface area contributed by atoms with E-state index in [1.807, 2.05) is 6.07 Å². The van der Waals surface area contributed by atoms with E-state index in [-0.39, 0.29) is 11.5 Å². The summed E-state index contributed by atoms with van der Waals surface area (Å²) >= 11 is 5.79. The monoisotopic (exact) mass is 274 g/mol. The molecule has 0 saturated heterocycles. The average molecular weight is 275 g/mol. The molecule has 2 rings (SSSR count). The molecule has 0 heterocycles. The van der Waals surface area contributed by atoms with Crippen molar-refractivity contribution in [3.8, 4) is 6.07 Å². The second kappa shape index (κ2) is 6.40.